The van der Waals surface area contributed by atoms with Gasteiger partial charge in [-0.2, -0.15) is 0 Å². The molecule has 0 radical (unpaired) electrons. The van der Waals surface area contributed by atoms with E-state index in [9.17, 15) is 9.50 Å². The molecular weight excluding hydrogens is 301 g/mol. The molecule has 0 aromatic heterocycles. The zero-order chi connectivity index (χ0) is 13.8. The molecule has 0 spiro atoms. The van der Waals surface area contributed by atoms with E-state index >= 15 is 0 Å². The number of nitrogens with one attached hydrogen (secondary N) is 1. The van der Waals surface area contributed by atoms with Crippen LogP contribution in [0.3, 0.4) is 0 Å². The number of aliphatic hydroxyl groups is 1. The van der Waals surface area contributed by atoms with Crippen LogP contribution in [0.15, 0.2) is 22.7 Å². The fraction of sp³-hybridized carbons (Fsp3) is 0.538. The molecule has 0 aliphatic heterocycles. The topological polar surface area (TPSA) is 41.5 Å². The fourth-order valence-corrected chi connectivity index (χ4v) is 1.49. The number of rotatable bonds is 5. The maximum atomic E-state index is 13.2. The van der Waals surface area contributed by atoms with Crippen LogP contribution in [0.25, 0.3) is 0 Å². The summed E-state index contributed by atoms with van der Waals surface area (Å²) in [5.41, 5.74) is 0.357. The van der Waals surface area contributed by atoms with E-state index in [-0.39, 0.29) is 18.0 Å². The average Bonchev–Trinajstić information content (AvgIpc) is 2.27. The van der Waals surface area contributed by atoms with E-state index in [4.69, 9.17) is 4.74 Å². The molecule has 0 heterocycles. The summed E-state index contributed by atoms with van der Waals surface area (Å²) < 4.78 is 19.1. The van der Waals surface area contributed by atoms with Crippen LogP contribution in [-0.2, 0) is 4.74 Å². The van der Waals surface area contributed by atoms with Crippen molar-refractivity contribution in [3.8, 4) is 0 Å². The van der Waals surface area contributed by atoms with Crippen molar-refractivity contribution in [3.05, 3.63) is 28.5 Å². The Balaban J connectivity index is 2.38. The number of halogens is 2. The Morgan fingerprint density at radius 3 is 2.67 bits per heavy atom. The molecule has 0 amide bonds. The van der Waals surface area contributed by atoms with Gasteiger partial charge >= 0.3 is 0 Å². The minimum absolute atomic E-state index is 0.246. The third-order valence-electron chi connectivity index (χ3n) is 2.17. The summed E-state index contributed by atoms with van der Waals surface area (Å²) in [6.45, 7) is 6.35. The second-order valence-electron chi connectivity index (χ2n) is 5.09. The Morgan fingerprint density at radius 2 is 2.11 bits per heavy atom. The molecule has 1 aromatic carbocycles. The van der Waals surface area contributed by atoms with Crippen LogP contribution in [0.4, 0.5) is 10.1 Å². The second kappa shape index (κ2) is 6.50. The van der Waals surface area contributed by atoms with E-state index in [1.807, 2.05) is 20.8 Å². The van der Waals surface area contributed by atoms with Crippen molar-refractivity contribution >= 4 is 21.6 Å². The lowest BCUT2D eigenvalue weighted by molar-refractivity contribution is -0.0449. The molecule has 0 bridgehead atoms. The first-order valence-corrected chi connectivity index (χ1v) is 6.58. The minimum Gasteiger partial charge on any atom is -0.389 e. The van der Waals surface area contributed by atoms with E-state index in [1.54, 1.807) is 12.1 Å². The van der Waals surface area contributed by atoms with Crippen LogP contribution >= 0.6 is 15.9 Å². The molecule has 1 unspecified atom stereocenters. The molecule has 1 aromatic rings. The lowest BCUT2D eigenvalue weighted by Gasteiger charge is -2.22. The summed E-state index contributed by atoms with van der Waals surface area (Å²) in [6, 6.07) is 4.74. The number of aliphatic hydroxyl groups excluding tert-OH is 1. The first-order valence-electron chi connectivity index (χ1n) is 5.79. The molecular formula is C13H19BrFNO2. The Bertz CT molecular complexity index is 393. The Morgan fingerprint density at radius 1 is 1.44 bits per heavy atom. The Hall–Kier alpha value is -0.650. The molecule has 0 aliphatic rings. The number of benzene rings is 1. The first kappa shape index (κ1) is 15.4. The summed E-state index contributed by atoms with van der Waals surface area (Å²) >= 11 is 3.08. The molecule has 5 heteroatoms. The zero-order valence-electron chi connectivity index (χ0n) is 10.8. The van der Waals surface area contributed by atoms with Crippen LogP contribution in [0.2, 0.25) is 0 Å². The highest BCUT2D eigenvalue weighted by molar-refractivity contribution is 9.10. The number of anilines is 1. The molecule has 102 valence electrons. The summed E-state index contributed by atoms with van der Waals surface area (Å²) in [6.07, 6.45) is -0.629. The highest BCUT2D eigenvalue weighted by atomic mass is 79.9. The third kappa shape index (κ3) is 5.80. The van der Waals surface area contributed by atoms with Crippen LogP contribution in [0.5, 0.6) is 0 Å². The van der Waals surface area contributed by atoms with E-state index in [0.29, 0.717) is 16.7 Å². The molecule has 18 heavy (non-hydrogen) atoms. The highest BCUT2D eigenvalue weighted by Crippen LogP contribution is 2.19. The van der Waals surface area contributed by atoms with Crippen molar-refractivity contribution in [2.75, 3.05) is 18.5 Å². The lowest BCUT2D eigenvalue weighted by atomic mass is 10.2. The normalized spacial score (nSPS) is 13.4. The van der Waals surface area contributed by atoms with Gasteiger partial charge < -0.3 is 15.2 Å². The molecule has 0 fully saturated rings. The van der Waals surface area contributed by atoms with Crippen molar-refractivity contribution < 1.29 is 14.2 Å². The van der Waals surface area contributed by atoms with E-state index in [1.165, 1.54) is 6.07 Å². The monoisotopic (exact) mass is 319 g/mol. The van der Waals surface area contributed by atoms with Gasteiger partial charge in [0.05, 0.1) is 22.8 Å². The fourth-order valence-electron chi connectivity index (χ4n) is 1.25. The molecule has 2 N–H and O–H groups in total. The predicted molar refractivity (Wildman–Crippen MR) is 74.3 cm³/mol. The molecule has 0 aliphatic carbocycles. The molecule has 0 saturated heterocycles. The molecule has 3 nitrogen and oxygen atoms in total. The van der Waals surface area contributed by atoms with Gasteiger partial charge in [-0.1, -0.05) is 0 Å². The van der Waals surface area contributed by atoms with Crippen molar-refractivity contribution in [2.45, 2.75) is 32.5 Å². The predicted octanol–water partition coefficient (Wildman–Crippen LogP) is 3.18. The number of hydrogen-bond acceptors (Lipinski definition) is 3. The van der Waals surface area contributed by atoms with Crippen molar-refractivity contribution in [3.63, 3.8) is 0 Å². The van der Waals surface area contributed by atoms with Gasteiger partial charge in [-0.05, 0) is 54.9 Å². The number of ether oxygens (including phenoxy) is 1. The van der Waals surface area contributed by atoms with Crippen LogP contribution in [0.1, 0.15) is 20.8 Å². The van der Waals surface area contributed by atoms with Crippen molar-refractivity contribution in [1.82, 2.24) is 0 Å². The second-order valence-corrected chi connectivity index (χ2v) is 5.94. The van der Waals surface area contributed by atoms with Gasteiger partial charge in [0.2, 0.25) is 0 Å². The summed E-state index contributed by atoms with van der Waals surface area (Å²) in [5.74, 6) is -0.333. The van der Waals surface area contributed by atoms with Crippen LogP contribution in [0, 0.1) is 5.82 Å². The van der Waals surface area contributed by atoms with Gasteiger partial charge in [0.1, 0.15) is 5.82 Å². The van der Waals surface area contributed by atoms with Gasteiger partial charge in [0, 0.05) is 12.2 Å². The summed E-state index contributed by atoms with van der Waals surface area (Å²) in [4.78, 5) is 0. The standard InChI is InChI=1S/C13H19BrFNO2/c1-13(2,3)18-8-10(17)7-16-9-4-5-11(14)12(15)6-9/h4-6,10,16-17H,7-8H2,1-3H3. The maximum absolute atomic E-state index is 13.2. The van der Waals surface area contributed by atoms with Gasteiger partial charge in [0.15, 0.2) is 0 Å². The van der Waals surface area contributed by atoms with E-state index < -0.39 is 6.10 Å². The quantitative estimate of drug-likeness (QED) is 0.875. The molecule has 1 rings (SSSR count). The first-order chi connectivity index (χ1) is 8.28. The van der Waals surface area contributed by atoms with Gasteiger partial charge in [-0.3, -0.25) is 0 Å². The van der Waals surface area contributed by atoms with Gasteiger partial charge in [0.25, 0.3) is 0 Å². The van der Waals surface area contributed by atoms with Gasteiger partial charge in [-0.25, -0.2) is 4.39 Å². The Labute approximate surface area is 115 Å². The van der Waals surface area contributed by atoms with Crippen LogP contribution < -0.4 is 5.32 Å². The van der Waals surface area contributed by atoms with E-state index in [2.05, 4.69) is 21.2 Å². The smallest absolute Gasteiger partial charge is 0.139 e. The minimum atomic E-state index is -0.629. The van der Waals surface area contributed by atoms with Crippen molar-refractivity contribution in [2.24, 2.45) is 0 Å². The van der Waals surface area contributed by atoms with Gasteiger partial charge in [-0.15, -0.1) is 0 Å². The SMILES string of the molecule is CC(C)(C)OCC(O)CNc1ccc(Br)c(F)c1. The Kier molecular flexibility index (Phi) is 5.56. The number of hydrogen-bond donors (Lipinski definition) is 2. The average molecular weight is 320 g/mol. The maximum Gasteiger partial charge on any atom is 0.139 e. The summed E-state index contributed by atoms with van der Waals surface area (Å²) in [7, 11) is 0. The van der Waals surface area contributed by atoms with E-state index in [0.717, 1.165) is 0 Å². The molecule has 1 atom stereocenters. The summed E-state index contributed by atoms with van der Waals surface area (Å²) in [5, 5.41) is 12.7. The van der Waals surface area contributed by atoms with Crippen LogP contribution in [-0.4, -0.2) is 30.0 Å². The third-order valence-corrected chi connectivity index (χ3v) is 2.81. The largest absolute Gasteiger partial charge is 0.389 e. The molecule has 0 saturated carbocycles. The highest BCUT2D eigenvalue weighted by Gasteiger charge is 2.13. The lowest BCUT2D eigenvalue weighted by Crippen LogP contribution is -2.30. The van der Waals surface area contributed by atoms with Crippen molar-refractivity contribution in [1.29, 1.82) is 0 Å². The zero-order valence-corrected chi connectivity index (χ0v) is 12.4.